The van der Waals surface area contributed by atoms with E-state index >= 15 is 0 Å². The number of rotatable bonds is 5. The Bertz CT molecular complexity index is 707. The van der Waals surface area contributed by atoms with Gasteiger partial charge in [0, 0.05) is 38.9 Å². The molecular weight excluding hydrogens is 314 g/mol. The fraction of sp³-hybridized carbons (Fsp3) is 0.400. The molecule has 0 N–H and O–H groups in total. The van der Waals surface area contributed by atoms with Gasteiger partial charge >= 0.3 is 5.97 Å². The molecule has 0 amide bonds. The van der Waals surface area contributed by atoms with Gasteiger partial charge in [-0.2, -0.15) is 0 Å². The van der Waals surface area contributed by atoms with Crippen LogP contribution in [0.15, 0.2) is 42.6 Å². The molecule has 5 nitrogen and oxygen atoms in total. The van der Waals surface area contributed by atoms with Crippen LogP contribution in [-0.4, -0.2) is 48.6 Å². The summed E-state index contributed by atoms with van der Waals surface area (Å²) in [5, 5.41) is 0. The molecule has 0 aliphatic carbocycles. The maximum Gasteiger partial charge on any atom is 0.339 e. The molecule has 0 spiro atoms. The minimum Gasteiger partial charge on any atom is -0.462 e. The van der Waals surface area contributed by atoms with Crippen molar-refractivity contribution in [3.05, 3.63) is 59.3 Å². The Morgan fingerprint density at radius 3 is 2.52 bits per heavy atom. The SMILES string of the molecule is CCOC(=O)c1ccc(N2CCN(Cc3ccccc3C)CC2)nc1. The van der Waals surface area contributed by atoms with Crippen LogP contribution in [0.2, 0.25) is 0 Å². The van der Waals surface area contributed by atoms with Gasteiger partial charge < -0.3 is 9.64 Å². The van der Waals surface area contributed by atoms with Gasteiger partial charge in [-0.25, -0.2) is 9.78 Å². The zero-order valence-electron chi connectivity index (χ0n) is 14.9. The zero-order chi connectivity index (χ0) is 17.6. The number of ether oxygens (including phenoxy) is 1. The number of hydrogen-bond acceptors (Lipinski definition) is 5. The number of piperazine rings is 1. The van der Waals surface area contributed by atoms with Crippen molar-refractivity contribution in [2.45, 2.75) is 20.4 Å². The third kappa shape index (κ3) is 4.37. The van der Waals surface area contributed by atoms with Crippen LogP contribution in [0.3, 0.4) is 0 Å². The number of benzene rings is 1. The summed E-state index contributed by atoms with van der Waals surface area (Å²) in [6.45, 7) is 9.25. The maximum atomic E-state index is 11.7. The Hall–Kier alpha value is -2.40. The fourth-order valence-electron chi connectivity index (χ4n) is 3.07. The van der Waals surface area contributed by atoms with Crippen LogP contribution in [0.25, 0.3) is 0 Å². The molecule has 0 atom stereocenters. The Morgan fingerprint density at radius 1 is 1.12 bits per heavy atom. The van der Waals surface area contributed by atoms with Crippen molar-refractivity contribution < 1.29 is 9.53 Å². The molecule has 0 bridgehead atoms. The third-order valence-electron chi connectivity index (χ3n) is 4.61. The second-order valence-electron chi connectivity index (χ2n) is 6.32. The van der Waals surface area contributed by atoms with Crippen molar-refractivity contribution in [2.75, 3.05) is 37.7 Å². The Balaban J connectivity index is 1.55. The predicted molar refractivity (Wildman–Crippen MR) is 98.9 cm³/mol. The first kappa shape index (κ1) is 17.4. The van der Waals surface area contributed by atoms with Crippen LogP contribution in [0, 0.1) is 6.92 Å². The summed E-state index contributed by atoms with van der Waals surface area (Å²) in [6, 6.07) is 12.3. The zero-order valence-corrected chi connectivity index (χ0v) is 14.9. The number of nitrogens with zero attached hydrogens (tertiary/aromatic N) is 3. The van der Waals surface area contributed by atoms with E-state index < -0.39 is 0 Å². The molecule has 5 heteroatoms. The van der Waals surface area contributed by atoms with Crippen molar-refractivity contribution in [3.8, 4) is 0 Å². The van der Waals surface area contributed by atoms with Crippen molar-refractivity contribution in [2.24, 2.45) is 0 Å². The van der Waals surface area contributed by atoms with E-state index in [-0.39, 0.29) is 5.97 Å². The van der Waals surface area contributed by atoms with Gasteiger partial charge in [0.1, 0.15) is 5.82 Å². The van der Waals surface area contributed by atoms with E-state index in [0.29, 0.717) is 12.2 Å². The second kappa shape index (κ2) is 8.12. The molecular formula is C20H25N3O2. The minimum atomic E-state index is -0.315. The van der Waals surface area contributed by atoms with Crippen molar-refractivity contribution in [1.29, 1.82) is 0 Å². The summed E-state index contributed by atoms with van der Waals surface area (Å²) >= 11 is 0. The molecule has 0 unspecified atom stereocenters. The second-order valence-corrected chi connectivity index (χ2v) is 6.32. The highest BCUT2D eigenvalue weighted by molar-refractivity contribution is 5.89. The van der Waals surface area contributed by atoms with E-state index in [4.69, 9.17) is 4.74 Å². The number of carbonyl (C=O) groups is 1. The molecule has 25 heavy (non-hydrogen) atoms. The van der Waals surface area contributed by atoms with Crippen molar-refractivity contribution in [1.82, 2.24) is 9.88 Å². The normalized spacial score (nSPS) is 15.2. The number of pyridine rings is 1. The average Bonchev–Trinajstić information content (AvgIpc) is 2.65. The Labute approximate surface area is 149 Å². The van der Waals surface area contributed by atoms with E-state index in [1.54, 1.807) is 19.2 Å². The molecule has 132 valence electrons. The summed E-state index contributed by atoms with van der Waals surface area (Å²) < 4.78 is 4.99. The number of esters is 1. The molecule has 1 aromatic carbocycles. The smallest absolute Gasteiger partial charge is 0.339 e. The highest BCUT2D eigenvalue weighted by Crippen LogP contribution is 2.17. The predicted octanol–water partition coefficient (Wildman–Crippen LogP) is 2.89. The summed E-state index contributed by atoms with van der Waals surface area (Å²) in [6.07, 6.45) is 1.60. The molecule has 1 fully saturated rings. The fourth-order valence-corrected chi connectivity index (χ4v) is 3.07. The number of anilines is 1. The van der Waals surface area contributed by atoms with Crippen LogP contribution in [-0.2, 0) is 11.3 Å². The van der Waals surface area contributed by atoms with E-state index in [0.717, 1.165) is 38.5 Å². The van der Waals surface area contributed by atoms with Gasteiger partial charge in [-0.1, -0.05) is 24.3 Å². The molecule has 0 radical (unpaired) electrons. The van der Waals surface area contributed by atoms with Crippen molar-refractivity contribution >= 4 is 11.8 Å². The minimum absolute atomic E-state index is 0.315. The lowest BCUT2D eigenvalue weighted by Gasteiger charge is -2.35. The monoisotopic (exact) mass is 339 g/mol. The lowest BCUT2D eigenvalue weighted by Crippen LogP contribution is -2.46. The molecule has 1 aliphatic rings. The van der Waals surface area contributed by atoms with E-state index in [9.17, 15) is 4.79 Å². The molecule has 1 aliphatic heterocycles. The molecule has 2 aromatic rings. The largest absolute Gasteiger partial charge is 0.462 e. The number of hydrogen-bond donors (Lipinski definition) is 0. The van der Waals surface area contributed by atoms with Gasteiger partial charge in [-0.05, 0) is 37.1 Å². The first-order chi connectivity index (χ1) is 12.2. The van der Waals surface area contributed by atoms with Crippen LogP contribution in [0.5, 0.6) is 0 Å². The topological polar surface area (TPSA) is 45.7 Å². The summed E-state index contributed by atoms with van der Waals surface area (Å²) in [4.78, 5) is 20.9. The Morgan fingerprint density at radius 2 is 1.88 bits per heavy atom. The van der Waals surface area contributed by atoms with Crippen LogP contribution < -0.4 is 4.90 Å². The van der Waals surface area contributed by atoms with Gasteiger partial charge in [0.05, 0.1) is 12.2 Å². The highest BCUT2D eigenvalue weighted by Gasteiger charge is 2.19. The van der Waals surface area contributed by atoms with Crippen LogP contribution in [0.1, 0.15) is 28.4 Å². The Kier molecular flexibility index (Phi) is 5.66. The van der Waals surface area contributed by atoms with Crippen LogP contribution in [0.4, 0.5) is 5.82 Å². The number of carbonyl (C=O) groups excluding carboxylic acids is 1. The lowest BCUT2D eigenvalue weighted by atomic mass is 10.1. The third-order valence-corrected chi connectivity index (χ3v) is 4.61. The first-order valence-corrected chi connectivity index (χ1v) is 8.82. The van der Waals surface area contributed by atoms with Gasteiger partial charge in [0.25, 0.3) is 0 Å². The molecule has 0 saturated carbocycles. The molecule has 1 saturated heterocycles. The number of aryl methyl sites for hydroxylation is 1. The summed E-state index contributed by atoms with van der Waals surface area (Å²) in [5.41, 5.74) is 3.25. The van der Waals surface area contributed by atoms with Gasteiger partial charge in [-0.15, -0.1) is 0 Å². The van der Waals surface area contributed by atoms with Gasteiger partial charge in [0.2, 0.25) is 0 Å². The molecule has 1 aromatic heterocycles. The highest BCUT2D eigenvalue weighted by atomic mass is 16.5. The van der Waals surface area contributed by atoms with E-state index in [1.165, 1.54) is 11.1 Å². The maximum absolute atomic E-state index is 11.7. The summed E-state index contributed by atoms with van der Waals surface area (Å²) in [7, 11) is 0. The quantitative estimate of drug-likeness (QED) is 0.784. The lowest BCUT2D eigenvalue weighted by molar-refractivity contribution is 0.0526. The van der Waals surface area contributed by atoms with Gasteiger partial charge in [0.15, 0.2) is 0 Å². The average molecular weight is 339 g/mol. The van der Waals surface area contributed by atoms with Crippen LogP contribution >= 0.6 is 0 Å². The standard InChI is InChI=1S/C20H25N3O2/c1-3-25-20(24)17-8-9-19(21-14-17)23-12-10-22(11-13-23)15-18-7-5-4-6-16(18)2/h4-9,14H,3,10-13,15H2,1-2H3. The van der Waals surface area contributed by atoms with E-state index in [1.807, 2.05) is 6.07 Å². The molecule has 2 heterocycles. The number of aromatic nitrogens is 1. The van der Waals surface area contributed by atoms with E-state index in [2.05, 4.69) is 46.0 Å². The van der Waals surface area contributed by atoms with Gasteiger partial charge in [-0.3, -0.25) is 4.90 Å². The van der Waals surface area contributed by atoms with Crippen molar-refractivity contribution in [3.63, 3.8) is 0 Å². The first-order valence-electron chi connectivity index (χ1n) is 8.82. The summed E-state index contributed by atoms with van der Waals surface area (Å²) in [5.74, 6) is 0.605. The molecule has 3 rings (SSSR count).